The SMILES string of the molecule is Cc1cc(NC(=O)CN(c2ccccc2C)S(=O)(=O)c2ccccc2)ccc1N1CCCC1=O. The van der Waals surface area contributed by atoms with Gasteiger partial charge in [-0.2, -0.15) is 0 Å². The van der Waals surface area contributed by atoms with Crippen molar-refractivity contribution in [3.8, 4) is 0 Å². The highest BCUT2D eigenvalue weighted by Crippen LogP contribution is 2.29. The average molecular weight is 478 g/mol. The van der Waals surface area contributed by atoms with E-state index in [9.17, 15) is 18.0 Å². The van der Waals surface area contributed by atoms with Gasteiger partial charge in [-0.1, -0.05) is 36.4 Å². The number of rotatable bonds is 7. The third-order valence-corrected chi connectivity index (χ3v) is 7.62. The van der Waals surface area contributed by atoms with Gasteiger partial charge in [-0.3, -0.25) is 13.9 Å². The van der Waals surface area contributed by atoms with E-state index in [1.807, 2.05) is 32.0 Å². The Morgan fingerprint density at radius 2 is 1.68 bits per heavy atom. The summed E-state index contributed by atoms with van der Waals surface area (Å²) in [5, 5.41) is 2.81. The number of carbonyl (C=O) groups excluding carboxylic acids is 2. The second kappa shape index (κ2) is 9.69. The van der Waals surface area contributed by atoms with E-state index in [4.69, 9.17) is 0 Å². The molecule has 3 aromatic rings. The number of hydrogen-bond acceptors (Lipinski definition) is 4. The van der Waals surface area contributed by atoms with Crippen LogP contribution in [0.5, 0.6) is 0 Å². The van der Waals surface area contributed by atoms with Crippen LogP contribution in [0.2, 0.25) is 0 Å². The lowest BCUT2D eigenvalue weighted by molar-refractivity contribution is -0.117. The van der Waals surface area contributed by atoms with Crippen LogP contribution in [0.25, 0.3) is 0 Å². The Morgan fingerprint density at radius 1 is 0.971 bits per heavy atom. The van der Waals surface area contributed by atoms with Crippen LogP contribution in [-0.4, -0.2) is 33.3 Å². The van der Waals surface area contributed by atoms with Crippen molar-refractivity contribution in [2.24, 2.45) is 0 Å². The normalized spacial score (nSPS) is 13.7. The third-order valence-electron chi connectivity index (χ3n) is 5.85. The van der Waals surface area contributed by atoms with E-state index in [2.05, 4.69) is 5.32 Å². The number of sulfonamides is 1. The largest absolute Gasteiger partial charge is 0.325 e. The van der Waals surface area contributed by atoms with Crippen molar-refractivity contribution in [3.63, 3.8) is 0 Å². The standard InChI is InChI=1S/C26H27N3O4S/c1-19-9-6-7-12-24(19)29(34(32,33)22-10-4-3-5-11-22)18-25(30)27-21-14-15-23(20(2)17-21)28-16-8-13-26(28)31/h3-7,9-12,14-15,17H,8,13,16,18H2,1-2H3,(H,27,30). The Balaban J connectivity index is 1.59. The highest BCUT2D eigenvalue weighted by molar-refractivity contribution is 7.92. The van der Waals surface area contributed by atoms with Gasteiger partial charge < -0.3 is 10.2 Å². The molecule has 0 radical (unpaired) electrons. The van der Waals surface area contributed by atoms with Gasteiger partial charge in [-0.15, -0.1) is 0 Å². The number of amides is 2. The van der Waals surface area contributed by atoms with Gasteiger partial charge in [0.25, 0.3) is 10.0 Å². The number of nitrogens with zero attached hydrogens (tertiary/aromatic N) is 2. The summed E-state index contributed by atoms with van der Waals surface area (Å²) in [5.74, 6) is -0.368. The molecule has 0 spiro atoms. The molecule has 8 heteroatoms. The molecular formula is C26H27N3O4S. The van der Waals surface area contributed by atoms with Crippen LogP contribution in [0.15, 0.2) is 77.7 Å². The first-order chi connectivity index (χ1) is 16.3. The van der Waals surface area contributed by atoms with Gasteiger partial charge in [0, 0.05) is 24.3 Å². The van der Waals surface area contributed by atoms with E-state index in [1.54, 1.807) is 47.4 Å². The smallest absolute Gasteiger partial charge is 0.264 e. The summed E-state index contributed by atoms with van der Waals surface area (Å²) in [6.07, 6.45) is 1.38. The van der Waals surface area contributed by atoms with Crippen LogP contribution in [0, 0.1) is 13.8 Å². The summed E-state index contributed by atoms with van der Waals surface area (Å²) in [6, 6.07) is 20.5. The zero-order valence-electron chi connectivity index (χ0n) is 19.2. The summed E-state index contributed by atoms with van der Waals surface area (Å²) in [5.41, 5.74) is 3.42. The number of aryl methyl sites for hydroxylation is 2. The molecule has 1 aliphatic heterocycles. The maximum absolute atomic E-state index is 13.5. The quantitative estimate of drug-likeness (QED) is 0.551. The van der Waals surface area contributed by atoms with E-state index >= 15 is 0 Å². The van der Waals surface area contributed by atoms with Crippen LogP contribution in [0.3, 0.4) is 0 Å². The molecule has 0 saturated carbocycles. The summed E-state index contributed by atoms with van der Waals surface area (Å²) in [4.78, 5) is 27.0. The van der Waals surface area contributed by atoms with Crippen LogP contribution < -0.4 is 14.5 Å². The van der Waals surface area contributed by atoms with Crippen molar-refractivity contribution in [3.05, 3.63) is 83.9 Å². The average Bonchev–Trinajstić information content (AvgIpc) is 3.24. The van der Waals surface area contributed by atoms with Crippen molar-refractivity contribution in [1.29, 1.82) is 0 Å². The van der Waals surface area contributed by atoms with Gasteiger partial charge in [0.15, 0.2) is 0 Å². The van der Waals surface area contributed by atoms with Crippen molar-refractivity contribution in [2.45, 2.75) is 31.6 Å². The molecular weight excluding hydrogens is 450 g/mol. The number of carbonyl (C=O) groups is 2. The van der Waals surface area contributed by atoms with Gasteiger partial charge in [-0.25, -0.2) is 8.42 Å². The molecule has 0 aliphatic carbocycles. The first-order valence-electron chi connectivity index (χ1n) is 11.1. The van der Waals surface area contributed by atoms with E-state index in [1.165, 1.54) is 12.1 Å². The Labute approximate surface area is 200 Å². The molecule has 1 N–H and O–H groups in total. The Bertz CT molecular complexity index is 1320. The molecule has 1 aliphatic rings. The number of anilines is 3. The minimum Gasteiger partial charge on any atom is -0.325 e. The lowest BCUT2D eigenvalue weighted by Gasteiger charge is -2.25. The van der Waals surface area contributed by atoms with Gasteiger partial charge in [0.05, 0.1) is 10.6 Å². The molecule has 1 saturated heterocycles. The Kier molecular flexibility index (Phi) is 6.70. The third kappa shape index (κ3) is 4.82. The molecule has 4 rings (SSSR count). The predicted molar refractivity (Wildman–Crippen MR) is 134 cm³/mol. The second-order valence-electron chi connectivity index (χ2n) is 8.31. The van der Waals surface area contributed by atoms with E-state index in [0.717, 1.165) is 27.5 Å². The highest BCUT2D eigenvalue weighted by atomic mass is 32.2. The fourth-order valence-corrected chi connectivity index (χ4v) is 5.64. The maximum atomic E-state index is 13.5. The zero-order valence-corrected chi connectivity index (χ0v) is 20.0. The molecule has 176 valence electrons. The molecule has 1 heterocycles. The van der Waals surface area contributed by atoms with Gasteiger partial charge in [0.2, 0.25) is 11.8 Å². The molecule has 0 atom stereocenters. The molecule has 0 bridgehead atoms. The lowest BCUT2D eigenvalue weighted by Crippen LogP contribution is -2.38. The summed E-state index contributed by atoms with van der Waals surface area (Å²) >= 11 is 0. The molecule has 0 aromatic heterocycles. The lowest BCUT2D eigenvalue weighted by atomic mass is 10.1. The molecule has 3 aromatic carbocycles. The highest BCUT2D eigenvalue weighted by Gasteiger charge is 2.28. The fraction of sp³-hybridized carbons (Fsp3) is 0.231. The number of benzene rings is 3. The molecule has 2 amide bonds. The van der Waals surface area contributed by atoms with Crippen LogP contribution in [0.1, 0.15) is 24.0 Å². The minimum absolute atomic E-state index is 0.0971. The van der Waals surface area contributed by atoms with Gasteiger partial charge in [-0.05, 0) is 67.8 Å². The summed E-state index contributed by atoms with van der Waals surface area (Å²) in [7, 11) is -3.97. The molecule has 7 nitrogen and oxygen atoms in total. The van der Waals surface area contributed by atoms with Crippen molar-refractivity contribution in [2.75, 3.05) is 27.6 Å². The Hall–Kier alpha value is -3.65. The van der Waals surface area contributed by atoms with Crippen LogP contribution in [0.4, 0.5) is 17.1 Å². The van der Waals surface area contributed by atoms with Crippen molar-refractivity contribution < 1.29 is 18.0 Å². The molecule has 1 fully saturated rings. The van der Waals surface area contributed by atoms with Gasteiger partial charge in [0.1, 0.15) is 6.54 Å². The van der Waals surface area contributed by atoms with Gasteiger partial charge >= 0.3 is 0 Å². The van der Waals surface area contributed by atoms with Crippen LogP contribution >= 0.6 is 0 Å². The zero-order chi connectivity index (χ0) is 24.3. The molecule has 0 unspecified atom stereocenters. The number of hydrogen-bond donors (Lipinski definition) is 1. The minimum atomic E-state index is -3.97. The number of nitrogens with one attached hydrogen (secondary N) is 1. The predicted octanol–water partition coefficient (Wildman–Crippen LogP) is 4.26. The maximum Gasteiger partial charge on any atom is 0.264 e. The molecule has 34 heavy (non-hydrogen) atoms. The summed E-state index contributed by atoms with van der Waals surface area (Å²) < 4.78 is 28.1. The summed E-state index contributed by atoms with van der Waals surface area (Å²) in [6.45, 7) is 4.00. The number of para-hydroxylation sites is 1. The van der Waals surface area contributed by atoms with E-state index in [0.29, 0.717) is 24.3 Å². The fourth-order valence-electron chi connectivity index (χ4n) is 4.13. The monoisotopic (exact) mass is 477 g/mol. The topological polar surface area (TPSA) is 86.8 Å². The first-order valence-corrected chi connectivity index (χ1v) is 12.6. The van der Waals surface area contributed by atoms with E-state index in [-0.39, 0.29) is 17.3 Å². The van der Waals surface area contributed by atoms with Crippen LogP contribution in [-0.2, 0) is 19.6 Å². The van der Waals surface area contributed by atoms with Crippen molar-refractivity contribution in [1.82, 2.24) is 0 Å². The Morgan fingerprint density at radius 3 is 2.32 bits per heavy atom. The van der Waals surface area contributed by atoms with Crippen molar-refractivity contribution >= 4 is 38.9 Å². The van der Waals surface area contributed by atoms with E-state index < -0.39 is 15.9 Å². The second-order valence-corrected chi connectivity index (χ2v) is 10.2. The first kappa shape index (κ1) is 23.5.